The minimum absolute atomic E-state index is 0.173. The summed E-state index contributed by atoms with van der Waals surface area (Å²) in [4.78, 5) is 11.4. The highest BCUT2D eigenvalue weighted by Crippen LogP contribution is 2.13. The Morgan fingerprint density at radius 3 is 2.65 bits per heavy atom. The molecule has 3 nitrogen and oxygen atoms in total. The van der Waals surface area contributed by atoms with Crippen LogP contribution >= 0.6 is 22.6 Å². The van der Waals surface area contributed by atoms with E-state index in [2.05, 4.69) is 22.6 Å². The van der Waals surface area contributed by atoms with Crippen LogP contribution in [-0.4, -0.2) is 21.6 Å². The monoisotopic (exact) mass is 348 g/mol. The Labute approximate surface area is 115 Å². The molecule has 0 aliphatic carbocycles. The molecule has 94 valence electrons. The van der Waals surface area contributed by atoms with Gasteiger partial charge in [0.1, 0.15) is 6.61 Å². The van der Waals surface area contributed by atoms with Crippen LogP contribution in [0.1, 0.15) is 24.8 Å². The largest absolute Gasteiger partial charge is 0.461 e. The number of benzene rings is 1. The molecule has 0 radical (unpaired) electrons. The quantitative estimate of drug-likeness (QED) is 0.468. The standard InChI is InChI=1S/C13H17IO3/c14-12(8-9-15)6-7-13(16)17-10-11-4-2-1-3-5-11/h1-5,12,15H,6-10H2. The first kappa shape index (κ1) is 14.4. The lowest BCUT2D eigenvalue weighted by atomic mass is 10.2. The first-order chi connectivity index (χ1) is 8.22. The summed E-state index contributed by atoms with van der Waals surface area (Å²) in [5.41, 5.74) is 1.00. The molecule has 17 heavy (non-hydrogen) atoms. The summed E-state index contributed by atoms with van der Waals surface area (Å²) in [7, 11) is 0. The molecule has 1 N–H and O–H groups in total. The summed E-state index contributed by atoms with van der Waals surface area (Å²) in [5, 5.41) is 8.73. The highest BCUT2D eigenvalue weighted by molar-refractivity contribution is 14.1. The van der Waals surface area contributed by atoms with Gasteiger partial charge in [-0.05, 0) is 18.4 Å². The van der Waals surface area contributed by atoms with E-state index in [1.807, 2.05) is 30.3 Å². The zero-order chi connectivity index (χ0) is 12.5. The van der Waals surface area contributed by atoms with Gasteiger partial charge in [-0.25, -0.2) is 0 Å². The number of aliphatic hydroxyl groups excluding tert-OH is 1. The van der Waals surface area contributed by atoms with Crippen LogP contribution in [-0.2, 0) is 16.1 Å². The Kier molecular flexibility index (Phi) is 7.19. The molecular formula is C13H17IO3. The first-order valence-electron chi connectivity index (χ1n) is 5.67. The minimum atomic E-state index is -0.173. The van der Waals surface area contributed by atoms with Crippen molar-refractivity contribution in [2.75, 3.05) is 6.61 Å². The summed E-state index contributed by atoms with van der Waals surface area (Å²) in [6.45, 7) is 0.512. The fourth-order valence-electron chi connectivity index (χ4n) is 1.37. The Morgan fingerprint density at radius 1 is 1.29 bits per heavy atom. The van der Waals surface area contributed by atoms with Gasteiger partial charge in [0, 0.05) is 17.0 Å². The van der Waals surface area contributed by atoms with Gasteiger partial charge >= 0.3 is 5.97 Å². The normalized spacial score (nSPS) is 12.1. The Bertz CT molecular complexity index is 327. The molecule has 0 heterocycles. The van der Waals surface area contributed by atoms with Crippen molar-refractivity contribution in [1.82, 2.24) is 0 Å². The maximum Gasteiger partial charge on any atom is 0.306 e. The number of ether oxygens (including phenoxy) is 1. The van der Waals surface area contributed by atoms with Crippen molar-refractivity contribution < 1.29 is 14.6 Å². The number of hydrogen-bond acceptors (Lipinski definition) is 3. The summed E-state index contributed by atoms with van der Waals surface area (Å²) in [6, 6.07) is 9.64. The van der Waals surface area contributed by atoms with Crippen LogP contribution in [0, 0.1) is 0 Å². The fourth-order valence-corrected chi connectivity index (χ4v) is 1.96. The maximum atomic E-state index is 11.4. The molecule has 4 heteroatoms. The minimum Gasteiger partial charge on any atom is -0.461 e. The average molecular weight is 348 g/mol. The van der Waals surface area contributed by atoms with E-state index in [1.54, 1.807) is 0 Å². The van der Waals surface area contributed by atoms with Gasteiger partial charge in [-0.15, -0.1) is 0 Å². The van der Waals surface area contributed by atoms with Crippen LogP contribution in [0.4, 0.5) is 0 Å². The number of halogens is 1. The number of alkyl halides is 1. The third kappa shape index (κ3) is 6.63. The molecule has 1 atom stereocenters. The van der Waals surface area contributed by atoms with Gasteiger partial charge in [0.2, 0.25) is 0 Å². The van der Waals surface area contributed by atoms with E-state index in [-0.39, 0.29) is 12.6 Å². The summed E-state index contributed by atoms with van der Waals surface area (Å²) < 4.78 is 5.49. The molecule has 0 amide bonds. The predicted octanol–water partition coefficient (Wildman–Crippen LogP) is 2.70. The van der Waals surface area contributed by atoms with Crippen molar-refractivity contribution in [2.24, 2.45) is 0 Å². The van der Waals surface area contributed by atoms with E-state index in [4.69, 9.17) is 9.84 Å². The third-order valence-corrected chi connectivity index (χ3v) is 3.59. The van der Waals surface area contributed by atoms with Crippen LogP contribution in [0.25, 0.3) is 0 Å². The molecule has 0 fully saturated rings. The van der Waals surface area contributed by atoms with Crippen LogP contribution in [0.15, 0.2) is 30.3 Å². The van der Waals surface area contributed by atoms with Gasteiger partial charge in [-0.2, -0.15) is 0 Å². The zero-order valence-corrected chi connectivity index (χ0v) is 11.8. The van der Waals surface area contributed by atoms with E-state index in [0.717, 1.165) is 18.4 Å². The lowest BCUT2D eigenvalue weighted by Gasteiger charge is -2.08. The van der Waals surface area contributed by atoms with Gasteiger partial charge in [-0.1, -0.05) is 52.9 Å². The number of carbonyl (C=O) groups is 1. The second kappa shape index (κ2) is 8.47. The summed E-state index contributed by atoms with van der Waals surface area (Å²) >= 11 is 2.25. The number of carbonyl (C=O) groups excluding carboxylic acids is 1. The molecule has 0 aliphatic rings. The molecule has 0 aromatic heterocycles. The zero-order valence-electron chi connectivity index (χ0n) is 9.64. The van der Waals surface area contributed by atoms with Gasteiger partial charge in [-0.3, -0.25) is 4.79 Å². The molecular weight excluding hydrogens is 331 g/mol. The van der Waals surface area contributed by atoms with E-state index in [0.29, 0.717) is 17.0 Å². The Balaban J connectivity index is 2.17. The van der Waals surface area contributed by atoms with Crippen LogP contribution < -0.4 is 0 Å². The predicted molar refractivity (Wildman–Crippen MR) is 75.0 cm³/mol. The number of rotatable bonds is 7. The SMILES string of the molecule is O=C(CCC(I)CCO)OCc1ccccc1. The van der Waals surface area contributed by atoms with Crippen LogP contribution in [0.5, 0.6) is 0 Å². The van der Waals surface area contributed by atoms with Gasteiger partial charge in [0.25, 0.3) is 0 Å². The molecule has 1 aromatic carbocycles. The van der Waals surface area contributed by atoms with Crippen LogP contribution in [0.3, 0.4) is 0 Å². The topological polar surface area (TPSA) is 46.5 Å². The number of esters is 1. The lowest BCUT2D eigenvalue weighted by Crippen LogP contribution is -2.08. The molecule has 0 saturated carbocycles. The molecule has 1 aromatic rings. The van der Waals surface area contributed by atoms with Gasteiger partial charge in [0.15, 0.2) is 0 Å². The van der Waals surface area contributed by atoms with Crippen molar-refractivity contribution in [3.63, 3.8) is 0 Å². The van der Waals surface area contributed by atoms with E-state index >= 15 is 0 Å². The van der Waals surface area contributed by atoms with Crippen molar-refractivity contribution in [3.8, 4) is 0 Å². The highest BCUT2D eigenvalue weighted by Gasteiger charge is 2.08. The first-order valence-corrected chi connectivity index (χ1v) is 6.91. The van der Waals surface area contributed by atoms with Crippen molar-refractivity contribution in [3.05, 3.63) is 35.9 Å². The summed E-state index contributed by atoms with van der Waals surface area (Å²) in [5.74, 6) is -0.173. The van der Waals surface area contributed by atoms with E-state index in [1.165, 1.54) is 0 Å². The van der Waals surface area contributed by atoms with Crippen molar-refractivity contribution in [2.45, 2.75) is 29.8 Å². The molecule has 1 rings (SSSR count). The average Bonchev–Trinajstić information content (AvgIpc) is 2.35. The molecule has 0 saturated heterocycles. The molecule has 0 spiro atoms. The molecule has 0 aliphatic heterocycles. The Hall–Kier alpha value is -0.620. The molecule has 1 unspecified atom stereocenters. The van der Waals surface area contributed by atoms with E-state index in [9.17, 15) is 4.79 Å². The fraction of sp³-hybridized carbons (Fsp3) is 0.462. The number of aliphatic hydroxyl groups is 1. The molecule has 0 bridgehead atoms. The third-order valence-electron chi connectivity index (χ3n) is 2.35. The van der Waals surface area contributed by atoms with E-state index < -0.39 is 0 Å². The second-order valence-electron chi connectivity index (χ2n) is 3.79. The van der Waals surface area contributed by atoms with Crippen molar-refractivity contribution >= 4 is 28.6 Å². The Morgan fingerprint density at radius 2 is 2.00 bits per heavy atom. The lowest BCUT2D eigenvalue weighted by molar-refractivity contribution is -0.145. The highest BCUT2D eigenvalue weighted by atomic mass is 127. The van der Waals surface area contributed by atoms with Gasteiger partial charge in [0.05, 0.1) is 0 Å². The second-order valence-corrected chi connectivity index (χ2v) is 5.56. The number of hydrogen-bond donors (Lipinski definition) is 1. The van der Waals surface area contributed by atoms with Gasteiger partial charge < -0.3 is 9.84 Å². The van der Waals surface area contributed by atoms with Crippen LogP contribution in [0.2, 0.25) is 0 Å². The maximum absolute atomic E-state index is 11.4. The van der Waals surface area contributed by atoms with Crippen molar-refractivity contribution in [1.29, 1.82) is 0 Å². The summed E-state index contributed by atoms with van der Waals surface area (Å²) in [6.07, 6.45) is 1.90. The smallest absolute Gasteiger partial charge is 0.306 e.